The Kier molecular flexibility index (Phi) is 4.04. The molecule has 6 heteroatoms. The summed E-state index contributed by atoms with van der Waals surface area (Å²) >= 11 is 0. The molecule has 5 rings (SSSR count). The fraction of sp³-hybridized carbons (Fsp3) is 0.125. The number of rotatable bonds is 2. The summed E-state index contributed by atoms with van der Waals surface area (Å²) in [7, 11) is 0. The molecular formula is C24H19N5O. The Labute approximate surface area is 173 Å². The molecule has 146 valence electrons. The van der Waals surface area contributed by atoms with Crippen LogP contribution in [0, 0.1) is 25.2 Å². The maximum atomic E-state index is 9.97. The number of para-hydroxylation sites is 1. The van der Waals surface area contributed by atoms with E-state index in [0.717, 1.165) is 38.9 Å². The Hall–Kier alpha value is -4.11. The number of nitriles is 1. The zero-order valence-electron chi connectivity index (χ0n) is 16.6. The molecule has 2 aromatic carbocycles. The van der Waals surface area contributed by atoms with Crippen LogP contribution in [0.25, 0.3) is 22.2 Å². The Balaban J connectivity index is 1.82. The highest BCUT2D eigenvalue weighted by Gasteiger charge is 2.36. The summed E-state index contributed by atoms with van der Waals surface area (Å²) in [6, 6.07) is 18.3. The highest BCUT2D eigenvalue weighted by Crippen LogP contribution is 2.47. The van der Waals surface area contributed by atoms with Crippen molar-refractivity contribution in [2.24, 2.45) is 5.73 Å². The van der Waals surface area contributed by atoms with Crippen molar-refractivity contribution >= 4 is 10.9 Å². The molecule has 1 aliphatic rings. The summed E-state index contributed by atoms with van der Waals surface area (Å²) in [6.07, 6.45) is 1.76. The molecule has 0 aliphatic carbocycles. The molecule has 0 unspecified atom stereocenters. The Morgan fingerprint density at radius 1 is 1.13 bits per heavy atom. The van der Waals surface area contributed by atoms with Crippen LogP contribution in [-0.2, 0) is 0 Å². The van der Waals surface area contributed by atoms with E-state index in [1.165, 1.54) is 5.56 Å². The number of aryl methyl sites for hydroxylation is 2. The van der Waals surface area contributed by atoms with Gasteiger partial charge in [-0.05, 0) is 37.1 Å². The number of nitrogens with zero attached hydrogens (tertiary/aromatic N) is 3. The molecule has 6 nitrogen and oxygen atoms in total. The van der Waals surface area contributed by atoms with E-state index in [4.69, 9.17) is 10.5 Å². The molecule has 30 heavy (non-hydrogen) atoms. The van der Waals surface area contributed by atoms with Gasteiger partial charge in [0.05, 0.1) is 22.7 Å². The number of pyridine rings is 1. The summed E-state index contributed by atoms with van der Waals surface area (Å²) in [4.78, 5) is 4.47. The van der Waals surface area contributed by atoms with Crippen molar-refractivity contribution in [2.75, 3.05) is 0 Å². The number of H-pyrrole nitrogens is 1. The minimum atomic E-state index is -0.416. The summed E-state index contributed by atoms with van der Waals surface area (Å²) in [5.41, 5.74) is 13.2. The standard InChI is InChI=1S/C24H19N5O/c1-13-7-8-15(14(2)11-13)22-21-20(18(12-25)23(26)30-24(21)29-28-22)17-9-10-27-19-6-4-3-5-16(17)19/h3-11,20H,26H2,1-2H3,(H,28,29)/t20-/m1/s1. The van der Waals surface area contributed by atoms with E-state index in [1.807, 2.05) is 30.3 Å². The third-order valence-electron chi connectivity index (χ3n) is 5.58. The minimum Gasteiger partial charge on any atom is -0.420 e. The van der Waals surface area contributed by atoms with Crippen molar-refractivity contribution in [3.05, 3.63) is 88.4 Å². The first-order chi connectivity index (χ1) is 14.6. The number of benzene rings is 2. The van der Waals surface area contributed by atoms with Gasteiger partial charge in [-0.2, -0.15) is 5.26 Å². The second-order valence-electron chi connectivity index (χ2n) is 7.48. The van der Waals surface area contributed by atoms with E-state index in [2.05, 4.69) is 53.3 Å². The van der Waals surface area contributed by atoms with E-state index in [9.17, 15) is 5.26 Å². The average molecular weight is 393 g/mol. The molecule has 0 bridgehead atoms. The monoisotopic (exact) mass is 393 g/mol. The molecular weight excluding hydrogens is 374 g/mol. The quantitative estimate of drug-likeness (QED) is 0.524. The minimum absolute atomic E-state index is 0.0783. The number of allylic oxidation sites excluding steroid dienone is 1. The van der Waals surface area contributed by atoms with E-state index < -0.39 is 5.92 Å². The number of fused-ring (bicyclic) bond motifs is 2. The van der Waals surface area contributed by atoms with Crippen molar-refractivity contribution in [3.63, 3.8) is 0 Å². The number of hydrogen-bond donors (Lipinski definition) is 2. The maximum absolute atomic E-state index is 9.97. The smallest absolute Gasteiger partial charge is 0.244 e. The van der Waals surface area contributed by atoms with Gasteiger partial charge in [0.2, 0.25) is 11.8 Å². The number of nitrogens with one attached hydrogen (secondary N) is 1. The van der Waals surface area contributed by atoms with Crippen LogP contribution in [0.15, 0.2) is 66.2 Å². The summed E-state index contributed by atoms with van der Waals surface area (Å²) in [5.74, 6) is 0.0584. The summed E-state index contributed by atoms with van der Waals surface area (Å²) < 4.78 is 5.74. The van der Waals surface area contributed by atoms with E-state index >= 15 is 0 Å². The van der Waals surface area contributed by atoms with Gasteiger partial charge in [0.15, 0.2) is 0 Å². The molecule has 3 heterocycles. The summed E-state index contributed by atoms with van der Waals surface area (Å²) in [6.45, 7) is 4.12. The zero-order valence-corrected chi connectivity index (χ0v) is 16.6. The van der Waals surface area contributed by atoms with Crippen molar-refractivity contribution in [1.82, 2.24) is 15.2 Å². The van der Waals surface area contributed by atoms with Gasteiger partial charge in [-0.1, -0.05) is 42.0 Å². The van der Waals surface area contributed by atoms with Crippen LogP contribution < -0.4 is 10.5 Å². The highest BCUT2D eigenvalue weighted by molar-refractivity contribution is 5.85. The number of ether oxygens (including phenoxy) is 1. The number of aromatic nitrogens is 3. The van der Waals surface area contributed by atoms with Gasteiger partial charge in [0, 0.05) is 17.1 Å². The number of nitrogens with two attached hydrogens (primary N) is 1. The van der Waals surface area contributed by atoms with Crippen LogP contribution in [0.2, 0.25) is 0 Å². The molecule has 1 atom stereocenters. The lowest BCUT2D eigenvalue weighted by atomic mass is 9.81. The van der Waals surface area contributed by atoms with Crippen LogP contribution in [0.1, 0.15) is 28.2 Å². The third-order valence-corrected chi connectivity index (χ3v) is 5.58. The van der Waals surface area contributed by atoms with Gasteiger partial charge >= 0.3 is 0 Å². The predicted octanol–water partition coefficient (Wildman–Crippen LogP) is 4.46. The molecule has 0 saturated carbocycles. The molecule has 0 radical (unpaired) electrons. The van der Waals surface area contributed by atoms with Gasteiger partial charge in [0.1, 0.15) is 11.6 Å². The molecule has 3 N–H and O–H groups in total. The van der Waals surface area contributed by atoms with Gasteiger partial charge in [0.25, 0.3) is 0 Å². The largest absolute Gasteiger partial charge is 0.420 e. The van der Waals surface area contributed by atoms with Crippen molar-refractivity contribution < 1.29 is 4.74 Å². The highest BCUT2D eigenvalue weighted by atomic mass is 16.5. The first-order valence-corrected chi connectivity index (χ1v) is 9.65. The molecule has 0 spiro atoms. The maximum Gasteiger partial charge on any atom is 0.244 e. The lowest BCUT2D eigenvalue weighted by Crippen LogP contribution is -2.21. The predicted molar refractivity (Wildman–Crippen MR) is 115 cm³/mol. The Morgan fingerprint density at radius 3 is 2.77 bits per heavy atom. The fourth-order valence-corrected chi connectivity index (χ4v) is 4.23. The zero-order chi connectivity index (χ0) is 20.8. The van der Waals surface area contributed by atoms with Crippen LogP contribution in [0.3, 0.4) is 0 Å². The third kappa shape index (κ3) is 2.64. The number of aromatic amines is 1. The van der Waals surface area contributed by atoms with E-state index in [1.54, 1.807) is 6.20 Å². The Bertz CT molecular complexity index is 1370. The molecule has 0 fully saturated rings. The average Bonchev–Trinajstić information content (AvgIpc) is 3.15. The Morgan fingerprint density at radius 2 is 1.97 bits per heavy atom. The van der Waals surface area contributed by atoms with Gasteiger partial charge in [-0.25, -0.2) is 0 Å². The molecule has 0 amide bonds. The van der Waals surface area contributed by atoms with Crippen LogP contribution in [0.5, 0.6) is 5.88 Å². The van der Waals surface area contributed by atoms with E-state index in [-0.39, 0.29) is 5.88 Å². The van der Waals surface area contributed by atoms with Gasteiger partial charge in [-0.15, -0.1) is 5.10 Å². The molecule has 1 aliphatic heterocycles. The first kappa shape index (κ1) is 18.0. The second kappa shape index (κ2) is 6.75. The molecule has 4 aromatic rings. The second-order valence-corrected chi connectivity index (χ2v) is 7.48. The first-order valence-electron chi connectivity index (χ1n) is 9.65. The van der Waals surface area contributed by atoms with E-state index in [0.29, 0.717) is 11.5 Å². The SMILES string of the molecule is Cc1ccc(-c2[nH]nc3c2[C@H](c2ccnc4ccccc24)C(C#N)=C(N)O3)c(C)c1. The molecule has 0 saturated heterocycles. The number of hydrogen-bond acceptors (Lipinski definition) is 5. The van der Waals surface area contributed by atoms with Crippen LogP contribution >= 0.6 is 0 Å². The lowest BCUT2D eigenvalue weighted by molar-refractivity contribution is 0.379. The van der Waals surface area contributed by atoms with Crippen LogP contribution in [-0.4, -0.2) is 15.2 Å². The topological polar surface area (TPSA) is 101 Å². The van der Waals surface area contributed by atoms with Gasteiger partial charge < -0.3 is 10.5 Å². The van der Waals surface area contributed by atoms with Crippen molar-refractivity contribution in [1.29, 1.82) is 5.26 Å². The normalized spacial score (nSPS) is 15.6. The summed E-state index contributed by atoms with van der Waals surface area (Å²) in [5, 5.41) is 18.4. The van der Waals surface area contributed by atoms with Crippen molar-refractivity contribution in [2.45, 2.75) is 19.8 Å². The fourth-order valence-electron chi connectivity index (χ4n) is 4.23. The molecule has 2 aromatic heterocycles. The van der Waals surface area contributed by atoms with Gasteiger partial charge in [-0.3, -0.25) is 10.1 Å². The van der Waals surface area contributed by atoms with Crippen molar-refractivity contribution in [3.8, 4) is 23.2 Å². The van der Waals surface area contributed by atoms with Crippen LogP contribution in [0.4, 0.5) is 0 Å². The lowest BCUT2D eigenvalue weighted by Gasteiger charge is -2.25.